The third kappa shape index (κ3) is 2.57. The van der Waals surface area contributed by atoms with Crippen molar-refractivity contribution in [1.29, 1.82) is 0 Å². The van der Waals surface area contributed by atoms with Gasteiger partial charge >= 0.3 is 0 Å². The van der Waals surface area contributed by atoms with Crippen molar-refractivity contribution in [2.45, 2.75) is 50.2 Å². The summed E-state index contributed by atoms with van der Waals surface area (Å²) in [6.45, 7) is 4.77. The van der Waals surface area contributed by atoms with Crippen LogP contribution in [-0.2, 0) is 9.47 Å². The topological polar surface area (TPSA) is 51.7 Å². The van der Waals surface area contributed by atoms with E-state index in [1.165, 1.54) is 24.2 Å². The maximum absolute atomic E-state index is 13.0. The summed E-state index contributed by atoms with van der Waals surface area (Å²) >= 11 is 1.49. The minimum atomic E-state index is -0.293. The number of aromatic nitrogens is 1. The van der Waals surface area contributed by atoms with Crippen LogP contribution in [0, 0.1) is 0 Å². The highest BCUT2D eigenvalue weighted by Gasteiger charge is 2.45. The molecule has 0 N–H and O–H groups in total. The fourth-order valence-electron chi connectivity index (χ4n) is 3.47. The smallest absolute Gasteiger partial charge is 0.266 e. The highest BCUT2D eigenvalue weighted by molar-refractivity contribution is 7.11. The van der Waals surface area contributed by atoms with Gasteiger partial charge in [0.2, 0.25) is 0 Å². The Kier molecular flexibility index (Phi) is 3.71. The van der Waals surface area contributed by atoms with Crippen LogP contribution < -0.4 is 0 Å². The molecule has 1 spiro atoms. The van der Waals surface area contributed by atoms with Crippen LogP contribution >= 0.6 is 11.3 Å². The van der Waals surface area contributed by atoms with E-state index < -0.39 is 0 Å². The summed E-state index contributed by atoms with van der Waals surface area (Å²) in [6, 6.07) is 0. The lowest BCUT2D eigenvalue weighted by Gasteiger charge is -2.43. The molecule has 2 atom stereocenters. The van der Waals surface area contributed by atoms with Crippen molar-refractivity contribution in [1.82, 2.24) is 9.88 Å². The molecule has 0 radical (unpaired) electrons. The van der Waals surface area contributed by atoms with E-state index in [9.17, 15) is 4.79 Å². The molecule has 0 bridgehead atoms. The molecule has 0 aromatic carbocycles. The normalized spacial score (nSPS) is 31.9. The van der Waals surface area contributed by atoms with Crippen molar-refractivity contribution in [3.05, 3.63) is 16.1 Å². The Morgan fingerprint density at radius 1 is 1.55 bits per heavy atom. The molecule has 120 valence electrons. The first-order chi connectivity index (χ1) is 10.7. The number of morpholine rings is 1. The molecule has 3 aliphatic rings. The van der Waals surface area contributed by atoms with Crippen LogP contribution in [0.15, 0.2) is 5.51 Å². The molecule has 1 aliphatic carbocycles. The zero-order valence-electron chi connectivity index (χ0n) is 12.9. The second-order valence-electron chi connectivity index (χ2n) is 6.66. The Balaban J connectivity index is 1.57. The molecule has 3 heterocycles. The monoisotopic (exact) mass is 322 g/mol. The lowest BCUT2D eigenvalue weighted by Crippen LogP contribution is -2.57. The fraction of sp³-hybridized carbons (Fsp3) is 0.750. The van der Waals surface area contributed by atoms with Gasteiger partial charge in [-0.3, -0.25) is 4.79 Å². The van der Waals surface area contributed by atoms with Crippen LogP contribution in [-0.4, -0.2) is 53.8 Å². The number of carbonyl (C=O) groups excluding carboxylic acids is 1. The molecule has 1 amide bonds. The number of rotatable bonds is 3. The van der Waals surface area contributed by atoms with Crippen LogP contribution in [0.2, 0.25) is 0 Å². The van der Waals surface area contributed by atoms with Crippen molar-refractivity contribution < 1.29 is 14.3 Å². The molecule has 1 aromatic heterocycles. The van der Waals surface area contributed by atoms with Crippen molar-refractivity contribution in [2.24, 2.45) is 0 Å². The van der Waals surface area contributed by atoms with E-state index >= 15 is 0 Å². The SMILES string of the molecule is CC[C@H]1CN(C(=O)c2scnc2C2CC2)C[C@@]2(CCOC2)O1. The van der Waals surface area contributed by atoms with Gasteiger partial charge in [-0.05, 0) is 19.3 Å². The van der Waals surface area contributed by atoms with Gasteiger partial charge in [-0.2, -0.15) is 0 Å². The van der Waals surface area contributed by atoms with Gasteiger partial charge in [-0.25, -0.2) is 4.98 Å². The van der Waals surface area contributed by atoms with Crippen LogP contribution in [0.5, 0.6) is 0 Å². The summed E-state index contributed by atoms with van der Waals surface area (Å²) in [6.07, 6.45) is 4.25. The lowest BCUT2D eigenvalue weighted by atomic mass is 9.98. The number of carbonyl (C=O) groups is 1. The number of amides is 1. The van der Waals surface area contributed by atoms with Gasteiger partial charge in [0.1, 0.15) is 10.5 Å². The molecular weight excluding hydrogens is 300 g/mol. The van der Waals surface area contributed by atoms with E-state index in [1.54, 1.807) is 0 Å². The predicted molar refractivity (Wildman–Crippen MR) is 83.3 cm³/mol. The molecule has 6 heteroatoms. The average Bonchev–Trinajstić information content (AvgIpc) is 3.10. The minimum Gasteiger partial charge on any atom is -0.378 e. The van der Waals surface area contributed by atoms with Gasteiger partial charge in [0.15, 0.2) is 0 Å². The van der Waals surface area contributed by atoms with Crippen molar-refractivity contribution >= 4 is 17.2 Å². The van der Waals surface area contributed by atoms with Crippen LogP contribution in [0.25, 0.3) is 0 Å². The van der Waals surface area contributed by atoms with E-state index in [1.807, 2.05) is 10.4 Å². The summed E-state index contributed by atoms with van der Waals surface area (Å²) in [4.78, 5) is 20.3. The van der Waals surface area contributed by atoms with Gasteiger partial charge in [0.25, 0.3) is 5.91 Å². The molecule has 5 nitrogen and oxygen atoms in total. The maximum Gasteiger partial charge on any atom is 0.266 e. The zero-order chi connectivity index (χ0) is 15.2. The fourth-order valence-corrected chi connectivity index (χ4v) is 4.31. The van der Waals surface area contributed by atoms with Gasteiger partial charge in [-0.15, -0.1) is 11.3 Å². The molecule has 2 saturated heterocycles. The Morgan fingerprint density at radius 2 is 2.41 bits per heavy atom. The Hall–Kier alpha value is -0.980. The highest BCUT2D eigenvalue weighted by Crippen LogP contribution is 2.42. The van der Waals surface area contributed by atoms with Gasteiger partial charge in [-0.1, -0.05) is 6.92 Å². The Labute approximate surface area is 134 Å². The summed E-state index contributed by atoms with van der Waals surface area (Å²) in [5.74, 6) is 0.648. The number of thiazole rings is 1. The Bertz CT molecular complexity index is 563. The first-order valence-electron chi connectivity index (χ1n) is 8.19. The minimum absolute atomic E-state index is 0.108. The summed E-state index contributed by atoms with van der Waals surface area (Å²) in [7, 11) is 0. The largest absolute Gasteiger partial charge is 0.378 e. The second kappa shape index (κ2) is 5.58. The van der Waals surface area contributed by atoms with Crippen LogP contribution in [0.3, 0.4) is 0 Å². The summed E-state index contributed by atoms with van der Waals surface area (Å²) < 4.78 is 11.8. The van der Waals surface area contributed by atoms with E-state index in [-0.39, 0.29) is 17.6 Å². The number of nitrogens with zero attached hydrogens (tertiary/aromatic N) is 2. The van der Waals surface area contributed by atoms with Gasteiger partial charge in [0, 0.05) is 25.5 Å². The van der Waals surface area contributed by atoms with Crippen molar-refractivity contribution in [2.75, 3.05) is 26.3 Å². The molecule has 4 rings (SSSR count). The third-order valence-electron chi connectivity index (χ3n) is 4.88. The number of ether oxygens (including phenoxy) is 2. The molecule has 0 unspecified atom stereocenters. The maximum atomic E-state index is 13.0. The first-order valence-corrected chi connectivity index (χ1v) is 9.07. The van der Waals surface area contributed by atoms with E-state index in [0.717, 1.165) is 30.0 Å². The predicted octanol–water partition coefficient (Wildman–Crippen LogP) is 2.43. The average molecular weight is 322 g/mol. The van der Waals surface area contributed by atoms with E-state index in [2.05, 4.69) is 11.9 Å². The molecule has 22 heavy (non-hydrogen) atoms. The molecule has 2 aliphatic heterocycles. The summed E-state index contributed by atoms with van der Waals surface area (Å²) in [5, 5.41) is 0. The lowest BCUT2D eigenvalue weighted by molar-refractivity contribution is -0.145. The standard InChI is InChI=1S/C16H22N2O3S/c1-2-12-7-18(8-16(21-12)5-6-20-9-16)15(19)14-13(11-3-4-11)17-10-22-14/h10-12H,2-9H2,1H3/t12-,16+/m0/s1. The molecule has 1 aromatic rings. The van der Waals surface area contributed by atoms with Gasteiger partial charge < -0.3 is 14.4 Å². The van der Waals surface area contributed by atoms with Crippen LogP contribution in [0.1, 0.15) is 53.9 Å². The molecule has 1 saturated carbocycles. The first kappa shape index (κ1) is 14.6. The quantitative estimate of drug-likeness (QED) is 0.858. The van der Waals surface area contributed by atoms with Crippen molar-refractivity contribution in [3.63, 3.8) is 0 Å². The molecular formula is C16H22N2O3S. The highest BCUT2D eigenvalue weighted by atomic mass is 32.1. The number of hydrogen-bond acceptors (Lipinski definition) is 5. The number of hydrogen-bond donors (Lipinski definition) is 0. The van der Waals surface area contributed by atoms with E-state index in [4.69, 9.17) is 9.47 Å². The second-order valence-corrected chi connectivity index (χ2v) is 7.52. The van der Waals surface area contributed by atoms with Crippen molar-refractivity contribution in [3.8, 4) is 0 Å². The summed E-state index contributed by atoms with van der Waals surface area (Å²) in [5.41, 5.74) is 2.54. The third-order valence-corrected chi connectivity index (χ3v) is 5.71. The molecule has 3 fully saturated rings. The Morgan fingerprint density at radius 3 is 3.09 bits per heavy atom. The van der Waals surface area contributed by atoms with Gasteiger partial charge in [0.05, 0.1) is 30.5 Å². The zero-order valence-corrected chi connectivity index (χ0v) is 13.7. The van der Waals surface area contributed by atoms with E-state index in [0.29, 0.717) is 25.6 Å². The van der Waals surface area contributed by atoms with Crippen LogP contribution in [0.4, 0.5) is 0 Å².